The maximum Gasteiger partial charge on any atom is 0.227 e. The van der Waals surface area contributed by atoms with Crippen molar-refractivity contribution in [2.45, 2.75) is 65.0 Å². The molecule has 4 heterocycles. The maximum atomic E-state index is 13.2. The number of hydrogen-bond donors (Lipinski definition) is 0. The van der Waals surface area contributed by atoms with Gasteiger partial charge in [-0.25, -0.2) is 15.0 Å². The number of fused-ring (bicyclic) bond motifs is 2. The number of nitrogens with zero attached hydrogens (tertiary/aromatic N) is 6. The second-order valence-electron chi connectivity index (χ2n) is 11.9. The van der Waals surface area contributed by atoms with Gasteiger partial charge in [0.2, 0.25) is 11.8 Å². The summed E-state index contributed by atoms with van der Waals surface area (Å²) in [6, 6.07) is 11.2. The first-order chi connectivity index (χ1) is 20.4. The summed E-state index contributed by atoms with van der Waals surface area (Å²) >= 11 is 0. The number of carbonyl (C=O) groups excluding carboxylic acids is 1. The molecule has 220 valence electrons. The molecule has 2 unspecified atom stereocenters. The van der Waals surface area contributed by atoms with E-state index in [1.165, 1.54) is 22.3 Å². The third-order valence-corrected chi connectivity index (χ3v) is 9.39. The first-order valence-corrected chi connectivity index (χ1v) is 15.3. The van der Waals surface area contributed by atoms with Gasteiger partial charge in [-0.1, -0.05) is 37.3 Å². The molecule has 2 aromatic heterocycles. The van der Waals surface area contributed by atoms with Crippen LogP contribution in [0.4, 0.5) is 5.82 Å². The van der Waals surface area contributed by atoms with Gasteiger partial charge in [-0.2, -0.15) is 0 Å². The molecule has 0 N–H and O–H groups in total. The molecule has 1 saturated heterocycles. The van der Waals surface area contributed by atoms with Gasteiger partial charge in [0.1, 0.15) is 12.1 Å². The van der Waals surface area contributed by atoms with Gasteiger partial charge in [0.05, 0.1) is 19.2 Å². The highest BCUT2D eigenvalue weighted by Crippen LogP contribution is 2.38. The van der Waals surface area contributed by atoms with E-state index in [2.05, 4.69) is 70.9 Å². The summed E-state index contributed by atoms with van der Waals surface area (Å²) in [5, 5.41) is 0. The Morgan fingerprint density at radius 3 is 2.62 bits per heavy atom. The van der Waals surface area contributed by atoms with Crippen LogP contribution < -0.4 is 9.64 Å². The summed E-state index contributed by atoms with van der Waals surface area (Å²) in [4.78, 5) is 34.1. The fourth-order valence-electron chi connectivity index (χ4n) is 6.67. The fraction of sp³-hybridized carbons (Fsp3) is 0.471. The largest absolute Gasteiger partial charge is 0.481 e. The highest BCUT2D eigenvalue weighted by molar-refractivity contribution is 5.79. The van der Waals surface area contributed by atoms with E-state index in [1.54, 1.807) is 13.4 Å². The third-order valence-electron chi connectivity index (χ3n) is 9.39. The number of ether oxygens (including phenoxy) is 1. The Morgan fingerprint density at radius 2 is 1.88 bits per heavy atom. The Bertz CT molecular complexity index is 1460. The van der Waals surface area contributed by atoms with Gasteiger partial charge < -0.3 is 14.5 Å². The van der Waals surface area contributed by atoms with Crippen molar-refractivity contribution in [2.75, 3.05) is 44.7 Å². The molecular formula is C34H42N6O2. The summed E-state index contributed by atoms with van der Waals surface area (Å²) in [5.41, 5.74) is 8.32. The molecule has 6 rings (SSSR count). The number of methoxy groups -OCH3 is 1. The van der Waals surface area contributed by atoms with E-state index in [4.69, 9.17) is 9.72 Å². The normalized spacial score (nSPS) is 19.5. The minimum Gasteiger partial charge on any atom is -0.481 e. The zero-order valence-electron chi connectivity index (χ0n) is 25.3. The van der Waals surface area contributed by atoms with Crippen LogP contribution in [0, 0.1) is 0 Å². The van der Waals surface area contributed by atoms with Crippen molar-refractivity contribution >= 4 is 17.3 Å². The summed E-state index contributed by atoms with van der Waals surface area (Å²) in [5.74, 6) is 2.09. The molecule has 2 atom stereocenters. The van der Waals surface area contributed by atoms with E-state index >= 15 is 0 Å². The first-order valence-electron chi connectivity index (χ1n) is 15.3. The van der Waals surface area contributed by atoms with Crippen LogP contribution in [0.2, 0.25) is 0 Å². The molecule has 8 heteroatoms. The number of amides is 1. The number of carbonyl (C=O) groups is 1. The minimum absolute atomic E-state index is 0.211. The van der Waals surface area contributed by atoms with Gasteiger partial charge in [0.25, 0.3) is 0 Å². The Balaban J connectivity index is 1.17. The Labute approximate surface area is 249 Å². The summed E-state index contributed by atoms with van der Waals surface area (Å²) in [7, 11) is 1.64. The lowest BCUT2D eigenvalue weighted by Crippen LogP contribution is -2.51. The predicted molar refractivity (Wildman–Crippen MR) is 166 cm³/mol. The van der Waals surface area contributed by atoms with Gasteiger partial charge >= 0.3 is 0 Å². The number of benzene rings is 1. The third kappa shape index (κ3) is 5.77. The summed E-state index contributed by atoms with van der Waals surface area (Å²) in [6.45, 7) is 11.9. The molecule has 1 aromatic carbocycles. The molecule has 8 nitrogen and oxygen atoms in total. The van der Waals surface area contributed by atoms with Crippen molar-refractivity contribution in [3.8, 4) is 5.88 Å². The van der Waals surface area contributed by atoms with Crippen molar-refractivity contribution in [3.05, 3.63) is 82.4 Å². The second-order valence-corrected chi connectivity index (χ2v) is 11.9. The quantitative estimate of drug-likeness (QED) is 0.412. The highest BCUT2D eigenvalue weighted by atomic mass is 16.5. The van der Waals surface area contributed by atoms with Gasteiger partial charge in [0, 0.05) is 69.1 Å². The monoisotopic (exact) mass is 566 g/mol. The lowest BCUT2D eigenvalue weighted by Gasteiger charge is -2.38. The van der Waals surface area contributed by atoms with Crippen LogP contribution in [0.25, 0.3) is 5.57 Å². The number of allylic oxidation sites excluding steroid dienone is 2. The molecule has 3 aliphatic rings. The van der Waals surface area contributed by atoms with Gasteiger partial charge in [0.15, 0.2) is 0 Å². The van der Waals surface area contributed by atoms with Crippen LogP contribution in [0.15, 0.2) is 48.9 Å². The Morgan fingerprint density at radius 1 is 1.05 bits per heavy atom. The van der Waals surface area contributed by atoms with Crippen molar-refractivity contribution in [2.24, 2.45) is 0 Å². The van der Waals surface area contributed by atoms with Crippen LogP contribution in [-0.4, -0.2) is 76.5 Å². The van der Waals surface area contributed by atoms with Crippen molar-refractivity contribution < 1.29 is 9.53 Å². The van der Waals surface area contributed by atoms with E-state index in [9.17, 15) is 4.79 Å². The number of piperazine rings is 1. The van der Waals surface area contributed by atoms with Crippen LogP contribution in [0.5, 0.6) is 5.88 Å². The molecule has 0 radical (unpaired) electrons. The zero-order chi connectivity index (χ0) is 29.2. The van der Waals surface area contributed by atoms with Crippen LogP contribution >= 0.6 is 0 Å². The van der Waals surface area contributed by atoms with E-state index in [0.717, 1.165) is 81.2 Å². The smallest absolute Gasteiger partial charge is 0.227 e. The molecule has 42 heavy (non-hydrogen) atoms. The van der Waals surface area contributed by atoms with Crippen LogP contribution in [0.1, 0.15) is 66.6 Å². The van der Waals surface area contributed by atoms with E-state index in [1.807, 2.05) is 17.2 Å². The molecule has 1 amide bonds. The molecule has 0 spiro atoms. The van der Waals surface area contributed by atoms with Crippen molar-refractivity contribution in [1.82, 2.24) is 24.8 Å². The Hall–Kier alpha value is -3.78. The number of hydrogen-bond acceptors (Lipinski definition) is 7. The molecule has 3 aromatic rings. The summed E-state index contributed by atoms with van der Waals surface area (Å²) < 4.78 is 5.26. The lowest BCUT2D eigenvalue weighted by molar-refractivity contribution is -0.132. The minimum atomic E-state index is 0.211. The molecule has 1 aliphatic carbocycles. The van der Waals surface area contributed by atoms with Gasteiger partial charge in [-0.3, -0.25) is 9.69 Å². The number of pyridine rings is 1. The average molecular weight is 567 g/mol. The average Bonchev–Trinajstić information content (AvgIpc) is 3.04. The molecule has 2 aliphatic heterocycles. The highest BCUT2D eigenvalue weighted by Gasteiger charge is 2.28. The molecular weight excluding hydrogens is 524 g/mol. The molecule has 0 bridgehead atoms. The number of rotatable bonds is 7. The van der Waals surface area contributed by atoms with E-state index in [0.29, 0.717) is 18.3 Å². The zero-order valence-corrected chi connectivity index (χ0v) is 25.3. The number of aromatic nitrogens is 3. The predicted octanol–water partition coefficient (Wildman–Crippen LogP) is 4.67. The standard InChI is InChI=1S/C34H42N6O2/c1-5-24(3)38-12-14-39(15-13-38)32(41)18-25-6-7-26-10-11-40(21-29(26)17-25)34-30-19-28(16-23(2)33(30)36-22-37-34)27-8-9-31(42-4)35-20-27/h6-9,16-17,20,22,24,28H,5,10-15,18-19,21H2,1-4H3. The van der Waals surface area contributed by atoms with Crippen molar-refractivity contribution in [1.29, 1.82) is 0 Å². The van der Waals surface area contributed by atoms with Crippen LogP contribution in [0.3, 0.4) is 0 Å². The number of anilines is 1. The fourth-order valence-corrected chi connectivity index (χ4v) is 6.67. The second kappa shape index (κ2) is 12.2. The Kier molecular flexibility index (Phi) is 8.24. The first kappa shape index (κ1) is 28.3. The maximum absolute atomic E-state index is 13.2. The SMILES string of the molecule is CCC(C)N1CCN(C(=O)Cc2ccc3c(c2)CN(c2ncnc4c2CC(c2ccc(OC)nc2)C=C4C)CC3)CC1. The van der Waals surface area contributed by atoms with E-state index in [-0.39, 0.29) is 11.8 Å². The summed E-state index contributed by atoms with van der Waals surface area (Å²) in [6.07, 6.45) is 9.30. The van der Waals surface area contributed by atoms with E-state index < -0.39 is 0 Å². The lowest BCUT2D eigenvalue weighted by atomic mass is 9.84. The van der Waals surface area contributed by atoms with Gasteiger partial charge in [-0.15, -0.1) is 0 Å². The molecule has 1 fully saturated rings. The molecule has 0 saturated carbocycles. The topological polar surface area (TPSA) is 74.7 Å². The van der Waals surface area contributed by atoms with Gasteiger partial charge in [-0.05, 0) is 60.9 Å². The van der Waals surface area contributed by atoms with Crippen molar-refractivity contribution in [3.63, 3.8) is 0 Å². The van der Waals surface area contributed by atoms with Crippen LogP contribution in [-0.2, 0) is 30.6 Å².